The Morgan fingerprint density at radius 3 is 2.26 bits per heavy atom. The van der Waals surface area contributed by atoms with Crippen molar-refractivity contribution in [1.82, 2.24) is 10.2 Å². The second-order valence-electron chi connectivity index (χ2n) is 4.97. The number of carboxylic acid groups (broad SMARTS) is 1. The first-order valence-corrected chi connectivity index (χ1v) is 7.90. The number of hydrogen-bond donors (Lipinski definition) is 2. The number of thioether (sulfide) groups is 1. The molecule has 0 aromatic heterocycles. The monoisotopic (exact) mass is 288 g/mol. The summed E-state index contributed by atoms with van der Waals surface area (Å²) in [6, 6.07) is -0.973. The average Bonchev–Trinajstić information content (AvgIpc) is 2.78. The van der Waals surface area contributed by atoms with E-state index in [0.717, 1.165) is 19.3 Å². The van der Waals surface area contributed by atoms with E-state index in [1.807, 2.05) is 27.7 Å². The molecule has 2 atom stereocenters. The van der Waals surface area contributed by atoms with Gasteiger partial charge in [0.05, 0.1) is 5.37 Å². The van der Waals surface area contributed by atoms with Crippen LogP contribution in [0.1, 0.15) is 47.0 Å². The van der Waals surface area contributed by atoms with E-state index in [2.05, 4.69) is 5.32 Å². The summed E-state index contributed by atoms with van der Waals surface area (Å²) in [5.74, 6) is -0.469. The molecule has 0 aromatic rings. The Bertz CT molecular complexity index is 337. The van der Waals surface area contributed by atoms with E-state index in [-0.39, 0.29) is 16.9 Å². The molecule has 0 spiro atoms. The highest BCUT2D eigenvalue weighted by molar-refractivity contribution is 8.00. The molecule has 1 aliphatic rings. The van der Waals surface area contributed by atoms with E-state index in [9.17, 15) is 14.7 Å². The van der Waals surface area contributed by atoms with Gasteiger partial charge in [0.2, 0.25) is 0 Å². The molecule has 110 valence electrons. The van der Waals surface area contributed by atoms with Crippen LogP contribution in [0.2, 0.25) is 0 Å². The molecule has 0 aliphatic carbocycles. The van der Waals surface area contributed by atoms with Crippen LogP contribution in [-0.2, 0) is 4.79 Å². The molecule has 2 N–H and O–H groups in total. The van der Waals surface area contributed by atoms with Gasteiger partial charge in [-0.25, -0.2) is 9.59 Å². The topological polar surface area (TPSA) is 69.6 Å². The Hall–Kier alpha value is -0.910. The minimum atomic E-state index is -0.929. The maximum atomic E-state index is 12.4. The Morgan fingerprint density at radius 2 is 1.84 bits per heavy atom. The second kappa shape index (κ2) is 6.50. The summed E-state index contributed by atoms with van der Waals surface area (Å²) in [4.78, 5) is 25.1. The van der Waals surface area contributed by atoms with Crippen LogP contribution in [0.3, 0.4) is 0 Å². The number of rotatable bonds is 5. The van der Waals surface area contributed by atoms with Crippen molar-refractivity contribution in [2.75, 3.05) is 5.75 Å². The molecule has 2 unspecified atom stereocenters. The minimum absolute atomic E-state index is 0.0932. The van der Waals surface area contributed by atoms with Gasteiger partial charge in [-0.3, -0.25) is 4.90 Å². The summed E-state index contributed by atoms with van der Waals surface area (Å²) < 4.78 is 0. The Morgan fingerprint density at radius 1 is 1.32 bits per heavy atom. The fourth-order valence-corrected chi connectivity index (χ4v) is 3.62. The van der Waals surface area contributed by atoms with Gasteiger partial charge in [0, 0.05) is 11.3 Å². The lowest BCUT2D eigenvalue weighted by Crippen LogP contribution is -2.56. The van der Waals surface area contributed by atoms with Crippen LogP contribution in [0, 0.1) is 0 Å². The molecule has 0 saturated carbocycles. The van der Waals surface area contributed by atoms with Crippen LogP contribution in [0.15, 0.2) is 0 Å². The lowest BCUT2D eigenvalue weighted by Gasteiger charge is -2.35. The fourth-order valence-electron chi connectivity index (χ4n) is 2.45. The van der Waals surface area contributed by atoms with Gasteiger partial charge in [-0.2, -0.15) is 0 Å². The van der Waals surface area contributed by atoms with E-state index in [0.29, 0.717) is 5.75 Å². The quantitative estimate of drug-likeness (QED) is 0.815. The first-order chi connectivity index (χ1) is 8.90. The van der Waals surface area contributed by atoms with Crippen LogP contribution >= 0.6 is 11.8 Å². The maximum Gasteiger partial charge on any atom is 0.327 e. The first-order valence-electron chi connectivity index (χ1n) is 6.85. The number of hydrogen-bond acceptors (Lipinski definition) is 3. The van der Waals surface area contributed by atoms with E-state index in [4.69, 9.17) is 0 Å². The zero-order valence-corrected chi connectivity index (χ0v) is 12.9. The van der Waals surface area contributed by atoms with E-state index in [1.165, 1.54) is 16.7 Å². The lowest BCUT2D eigenvalue weighted by molar-refractivity contribution is -0.141. The van der Waals surface area contributed by atoms with Crippen LogP contribution in [0.25, 0.3) is 0 Å². The zero-order valence-electron chi connectivity index (χ0n) is 12.1. The fraction of sp³-hybridized carbons (Fsp3) is 0.846. The SMILES string of the molecule is CCC(CC)(CC)NC(=O)N1C(C)SCC1C(=O)O. The van der Waals surface area contributed by atoms with Crippen molar-refractivity contribution < 1.29 is 14.7 Å². The van der Waals surface area contributed by atoms with Gasteiger partial charge in [0.1, 0.15) is 6.04 Å². The molecule has 1 aliphatic heterocycles. The van der Waals surface area contributed by atoms with Gasteiger partial charge >= 0.3 is 12.0 Å². The molecular weight excluding hydrogens is 264 g/mol. The van der Waals surface area contributed by atoms with Crippen molar-refractivity contribution in [3.05, 3.63) is 0 Å². The summed E-state index contributed by atoms with van der Waals surface area (Å²) in [5.41, 5.74) is -0.229. The van der Waals surface area contributed by atoms with Gasteiger partial charge in [0.25, 0.3) is 0 Å². The van der Waals surface area contributed by atoms with Crippen molar-refractivity contribution >= 4 is 23.8 Å². The summed E-state index contributed by atoms with van der Waals surface area (Å²) >= 11 is 1.50. The van der Waals surface area contributed by atoms with Gasteiger partial charge in [-0.15, -0.1) is 11.8 Å². The molecular formula is C13H24N2O3S. The average molecular weight is 288 g/mol. The number of carboxylic acids is 1. The number of carbonyl (C=O) groups is 2. The van der Waals surface area contributed by atoms with Crippen molar-refractivity contribution in [2.24, 2.45) is 0 Å². The van der Waals surface area contributed by atoms with Gasteiger partial charge in [-0.1, -0.05) is 20.8 Å². The molecule has 1 rings (SSSR count). The van der Waals surface area contributed by atoms with Gasteiger partial charge in [-0.05, 0) is 26.2 Å². The maximum absolute atomic E-state index is 12.4. The summed E-state index contributed by atoms with van der Waals surface area (Å²) in [6.45, 7) is 8.01. The molecule has 19 heavy (non-hydrogen) atoms. The van der Waals surface area contributed by atoms with E-state index < -0.39 is 12.0 Å². The molecule has 6 heteroatoms. The lowest BCUT2D eigenvalue weighted by atomic mass is 9.90. The smallest absolute Gasteiger partial charge is 0.327 e. The molecule has 0 bridgehead atoms. The summed E-state index contributed by atoms with van der Waals surface area (Å²) in [5, 5.41) is 12.1. The number of urea groups is 1. The highest BCUT2D eigenvalue weighted by atomic mass is 32.2. The number of amides is 2. The summed E-state index contributed by atoms with van der Waals surface area (Å²) in [7, 11) is 0. The third-order valence-electron chi connectivity index (χ3n) is 4.14. The molecule has 2 amide bonds. The normalized spacial score (nSPS) is 23.5. The third kappa shape index (κ3) is 3.35. The van der Waals surface area contributed by atoms with Crippen molar-refractivity contribution in [2.45, 2.75) is 63.9 Å². The number of aliphatic carboxylic acids is 1. The van der Waals surface area contributed by atoms with Crippen LogP contribution in [0.5, 0.6) is 0 Å². The molecule has 1 heterocycles. The molecule has 5 nitrogen and oxygen atoms in total. The minimum Gasteiger partial charge on any atom is -0.480 e. The van der Waals surface area contributed by atoms with Crippen LogP contribution in [0.4, 0.5) is 4.79 Å². The van der Waals surface area contributed by atoms with Crippen LogP contribution < -0.4 is 5.32 Å². The Labute approximate surface area is 119 Å². The zero-order chi connectivity index (χ0) is 14.6. The molecule has 1 saturated heterocycles. The Kier molecular flexibility index (Phi) is 5.52. The standard InChI is InChI=1S/C13H24N2O3S/c1-5-13(6-2,7-3)14-12(18)15-9(4)19-8-10(15)11(16)17/h9-10H,5-8H2,1-4H3,(H,14,18)(H,16,17). The highest BCUT2D eigenvalue weighted by Gasteiger charge is 2.41. The highest BCUT2D eigenvalue weighted by Crippen LogP contribution is 2.30. The number of nitrogens with one attached hydrogen (secondary N) is 1. The Balaban J connectivity index is 2.83. The molecule has 1 fully saturated rings. The first kappa shape index (κ1) is 16.1. The van der Waals surface area contributed by atoms with Crippen molar-refractivity contribution in [3.63, 3.8) is 0 Å². The number of nitrogens with zero attached hydrogens (tertiary/aromatic N) is 1. The van der Waals surface area contributed by atoms with Gasteiger partial charge < -0.3 is 10.4 Å². The summed E-state index contributed by atoms with van der Waals surface area (Å²) in [6.07, 6.45) is 2.54. The molecule has 0 aromatic carbocycles. The number of carbonyl (C=O) groups excluding carboxylic acids is 1. The predicted octanol–water partition coefficient (Wildman–Crippen LogP) is 2.51. The van der Waals surface area contributed by atoms with E-state index in [1.54, 1.807) is 0 Å². The van der Waals surface area contributed by atoms with Crippen molar-refractivity contribution in [1.29, 1.82) is 0 Å². The third-order valence-corrected chi connectivity index (χ3v) is 5.36. The van der Waals surface area contributed by atoms with Crippen LogP contribution in [-0.4, -0.2) is 44.7 Å². The largest absolute Gasteiger partial charge is 0.480 e. The molecule has 0 radical (unpaired) electrons. The second-order valence-corrected chi connectivity index (χ2v) is 6.31. The predicted molar refractivity (Wildman–Crippen MR) is 77.3 cm³/mol. The van der Waals surface area contributed by atoms with Gasteiger partial charge in [0.15, 0.2) is 0 Å². The van der Waals surface area contributed by atoms with Crippen molar-refractivity contribution in [3.8, 4) is 0 Å². The van der Waals surface area contributed by atoms with E-state index >= 15 is 0 Å².